The molecule has 1 aliphatic rings. The van der Waals surface area contributed by atoms with Crippen molar-refractivity contribution in [2.75, 3.05) is 20.0 Å². The second-order valence-electron chi connectivity index (χ2n) is 5.72. The van der Waals surface area contributed by atoms with Crippen LogP contribution >= 0.6 is 0 Å². The van der Waals surface area contributed by atoms with Crippen LogP contribution in [0.1, 0.15) is 36.3 Å². The molecule has 1 fully saturated rings. The van der Waals surface area contributed by atoms with E-state index in [1.165, 1.54) is 7.11 Å². The molecule has 0 bridgehead atoms. The predicted octanol–water partition coefficient (Wildman–Crippen LogP) is 1.77. The molecule has 0 N–H and O–H groups in total. The average Bonchev–Trinajstić information content (AvgIpc) is 2.78. The summed E-state index contributed by atoms with van der Waals surface area (Å²) in [4.78, 5) is 11.7. The summed E-state index contributed by atoms with van der Waals surface area (Å²) in [5, 5.41) is -1.32. The van der Waals surface area contributed by atoms with Crippen LogP contribution in [0.5, 0.6) is 0 Å². The third-order valence-corrected chi connectivity index (χ3v) is 4.78. The van der Waals surface area contributed by atoms with Gasteiger partial charge in [-0.05, 0) is 25.0 Å². The highest BCUT2D eigenvalue weighted by atomic mass is 32.2. The second-order valence-corrected chi connectivity index (χ2v) is 7.85. The number of carbonyl (C=O) groups excluding carboxylic acids is 1. The molecule has 0 radical (unpaired) electrons. The van der Waals surface area contributed by atoms with E-state index >= 15 is 0 Å². The molecule has 1 unspecified atom stereocenters. The first kappa shape index (κ1) is 16.9. The molecule has 7 heteroatoms. The molecule has 0 aliphatic carbocycles. The molecule has 22 heavy (non-hydrogen) atoms. The average molecular weight is 328 g/mol. The van der Waals surface area contributed by atoms with Crippen LogP contribution in [-0.2, 0) is 28.8 Å². The SMILES string of the molecule is COC(=O)[C@H](c1ccc(C2COC(C)(C)O2)cc1)S(C)(=O)=O. The Balaban J connectivity index is 2.26. The summed E-state index contributed by atoms with van der Waals surface area (Å²) in [5.74, 6) is -1.43. The molecule has 0 amide bonds. The summed E-state index contributed by atoms with van der Waals surface area (Å²) >= 11 is 0. The Kier molecular flexibility index (Phi) is 4.60. The van der Waals surface area contributed by atoms with Crippen molar-refractivity contribution in [3.05, 3.63) is 35.4 Å². The van der Waals surface area contributed by atoms with Gasteiger partial charge in [0.1, 0.15) is 6.10 Å². The van der Waals surface area contributed by atoms with Crippen molar-refractivity contribution in [1.29, 1.82) is 0 Å². The zero-order valence-corrected chi connectivity index (χ0v) is 13.8. The van der Waals surface area contributed by atoms with E-state index in [0.717, 1.165) is 11.8 Å². The molecule has 1 saturated heterocycles. The van der Waals surface area contributed by atoms with Crippen molar-refractivity contribution in [3.63, 3.8) is 0 Å². The Morgan fingerprint density at radius 1 is 1.32 bits per heavy atom. The minimum Gasteiger partial charge on any atom is -0.468 e. The molecule has 2 atom stereocenters. The zero-order chi connectivity index (χ0) is 16.5. The van der Waals surface area contributed by atoms with Crippen LogP contribution in [0.15, 0.2) is 24.3 Å². The highest BCUT2D eigenvalue weighted by Crippen LogP contribution is 2.33. The number of rotatable bonds is 4. The van der Waals surface area contributed by atoms with Gasteiger partial charge in [0.2, 0.25) is 0 Å². The monoisotopic (exact) mass is 328 g/mol. The topological polar surface area (TPSA) is 78.9 Å². The Bertz CT molecular complexity index is 647. The highest BCUT2D eigenvalue weighted by Gasteiger charge is 2.35. The Morgan fingerprint density at radius 3 is 2.32 bits per heavy atom. The van der Waals surface area contributed by atoms with Crippen molar-refractivity contribution < 1.29 is 27.4 Å². The van der Waals surface area contributed by atoms with E-state index in [0.29, 0.717) is 12.2 Å². The number of benzene rings is 1. The van der Waals surface area contributed by atoms with Gasteiger partial charge in [0.05, 0.1) is 13.7 Å². The number of ether oxygens (including phenoxy) is 3. The Hall–Kier alpha value is -1.44. The number of carbonyl (C=O) groups is 1. The summed E-state index contributed by atoms with van der Waals surface area (Å²) in [6, 6.07) is 6.69. The number of methoxy groups -OCH3 is 1. The Labute approximate surface area is 130 Å². The first-order valence-corrected chi connectivity index (χ1v) is 8.78. The van der Waals surface area contributed by atoms with Crippen LogP contribution in [0.4, 0.5) is 0 Å². The van der Waals surface area contributed by atoms with Crippen LogP contribution < -0.4 is 0 Å². The zero-order valence-electron chi connectivity index (χ0n) is 13.0. The van der Waals surface area contributed by atoms with Crippen LogP contribution in [0.25, 0.3) is 0 Å². The normalized spacial score (nSPS) is 22.3. The van der Waals surface area contributed by atoms with Gasteiger partial charge in [0.25, 0.3) is 0 Å². The largest absolute Gasteiger partial charge is 0.468 e. The number of esters is 1. The maximum absolute atomic E-state index is 11.8. The number of sulfone groups is 1. The molecule has 122 valence electrons. The van der Waals surface area contributed by atoms with E-state index < -0.39 is 26.8 Å². The lowest BCUT2D eigenvalue weighted by Gasteiger charge is -2.18. The fourth-order valence-electron chi connectivity index (χ4n) is 2.40. The van der Waals surface area contributed by atoms with Crippen LogP contribution in [0.3, 0.4) is 0 Å². The molecule has 1 heterocycles. The standard InChI is InChI=1S/C15H20O6S/c1-15(2)20-9-12(21-15)10-5-7-11(8-6-10)13(14(16)19-3)22(4,17)18/h5-8,12-13H,9H2,1-4H3/t12?,13-/m0/s1. The summed E-state index contributed by atoms with van der Waals surface area (Å²) in [6.07, 6.45) is 0.803. The molecule has 0 saturated carbocycles. The molecule has 1 aromatic carbocycles. The second kappa shape index (κ2) is 5.98. The molecular formula is C15H20O6S. The maximum atomic E-state index is 11.8. The third kappa shape index (κ3) is 3.66. The van der Waals surface area contributed by atoms with E-state index in [4.69, 9.17) is 9.47 Å². The smallest absolute Gasteiger partial charge is 0.328 e. The van der Waals surface area contributed by atoms with Crippen molar-refractivity contribution in [2.45, 2.75) is 31.0 Å². The van der Waals surface area contributed by atoms with Crippen molar-refractivity contribution in [3.8, 4) is 0 Å². The summed E-state index contributed by atoms with van der Waals surface area (Å²) in [6.45, 7) is 4.09. The van der Waals surface area contributed by atoms with E-state index in [1.807, 2.05) is 13.8 Å². The minimum atomic E-state index is -3.61. The fraction of sp³-hybridized carbons (Fsp3) is 0.533. The first-order chi connectivity index (χ1) is 10.1. The van der Waals surface area contributed by atoms with Gasteiger partial charge in [0.15, 0.2) is 20.9 Å². The summed E-state index contributed by atoms with van der Waals surface area (Å²) in [5.41, 5.74) is 1.24. The molecule has 1 aromatic rings. The van der Waals surface area contributed by atoms with Crippen molar-refractivity contribution >= 4 is 15.8 Å². The van der Waals surface area contributed by atoms with Gasteiger partial charge in [-0.1, -0.05) is 24.3 Å². The van der Waals surface area contributed by atoms with E-state index in [2.05, 4.69) is 4.74 Å². The van der Waals surface area contributed by atoms with Crippen molar-refractivity contribution in [1.82, 2.24) is 0 Å². The molecular weight excluding hydrogens is 308 g/mol. The third-order valence-electron chi connectivity index (χ3n) is 3.46. The summed E-state index contributed by atoms with van der Waals surface area (Å²) < 4.78 is 39.5. The highest BCUT2D eigenvalue weighted by molar-refractivity contribution is 7.91. The molecule has 0 aromatic heterocycles. The molecule has 1 aliphatic heterocycles. The minimum absolute atomic E-state index is 0.209. The molecule has 6 nitrogen and oxygen atoms in total. The van der Waals surface area contributed by atoms with Gasteiger partial charge in [-0.25, -0.2) is 8.42 Å². The number of hydrogen-bond acceptors (Lipinski definition) is 6. The fourth-order valence-corrected chi connectivity index (χ4v) is 3.50. The number of hydrogen-bond donors (Lipinski definition) is 0. The van der Waals surface area contributed by atoms with E-state index in [-0.39, 0.29) is 6.10 Å². The first-order valence-electron chi connectivity index (χ1n) is 6.82. The van der Waals surface area contributed by atoms with E-state index in [1.54, 1.807) is 24.3 Å². The quantitative estimate of drug-likeness (QED) is 0.784. The molecule has 2 rings (SSSR count). The lowest BCUT2D eigenvalue weighted by atomic mass is 10.1. The lowest BCUT2D eigenvalue weighted by molar-refractivity contribution is -0.140. The van der Waals surface area contributed by atoms with E-state index in [9.17, 15) is 13.2 Å². The van der Waals surface area contributed by atoms with Crippen LogP contribution in [0.2, 0.25) is 0 Å². The van der Waals surface area contributed by atoms with Crippen LogP contribution in [0, 0.1) is 0 Å². The van der Waals surface area contributed by atoms with Gasteiger partial charge in [-0.15, -0.1) is 0 Å². The van der Waals surface area contributed by atoms with Gasteiger partial charge < -0.3 is 14.2 Å². The van der Waals surface area contributed by atoms with Crippen LogP contribution in [-0.4, -0.2) is 40.1 Å². The maximum Gasteiger partial charge on any atom is 0.328 e. The predicted molar refractivity (Wildman–Crippen MR) is 79.9 cm³/mol. The van der Waals surface area contributed by atoms with Gasteiger partial charge >= 0.3 is 5.97 Å². The molecule has 0 spiro atoms. The summed E-state index contributed by atoms with van der Waals surface area (Å²) in [7, 11) is -2.44. The Morgan fingerprint density at radius 2 is 1.91 bits per heavy atom. The lowest BCUT2D eigenvalue weighted by Crippen LogP contribution is -2.22. The van der Waals surface area contributed by atoms with Crippen molar-refractivity contribution in [2.24, 2.45) is 0 Å². The van der Waals surface area contributed by atoms with Gasteiger partial charge in [0, 0.05) is 6.26 Å². The van der Waals surface area contributed by atoms with Gasteiger partial charge in [-0.2, -0.15) is 0 Å². The van der Waals surface area contributed by atoms with Gasteiger partial charge in [-0.3, -0.25) is 4.79 Å².